The van der Waals surface area contributed by atoms with Crippen molar-refractivity contribution in [2.75, 3.05) is 62.7 Å². The van der Waals surface area contributed by atoms with Crippen LogP contribution in [0.1, 0.15) is 15.9 Å². The van der Waals surface area contributed by atoms with E-state index in [9.17, 15) is 4.79 Å². The second kappa shape index (κ2) is 9.14. The average Bonchev–Trinajstić information content (AvgIpc) is 2.76. The smallest absolute Gasteiger partial charge is 0.255 e. The number of pyridine rings is 1. The molecule has 2 aliphatic heterocycles. The molecule has 2 saturated heterocycles. The van der Waals surface area contributed by atoms with Gasteiger partial charge in [-0.25, -0.2) is 0 Å². The fourth-order valence-electron chi connectivity index (χ4n) is 3.64. The Hall–Kier alpha value is -2.48. The van der Waals surface area contributed by atoms with Gasteiger partial charge >= 0.3 is 0 Å². The number of hydrogen-bond acceptors (Lipinski definition) is 6. The lowest BCUT2D eigenvalue weighted by Gasteiger charge is -2.30. The molecule has 0 unspecified atom stereocenters. The summed E-state index contributed by atoms with van der Waals surface area (Å²) >= 11 is 0. The van der Waals surface area contributed by atoms with E-state index in [1.165, 1.54) is 5.56 Å². The minimum atomic E-state index is -0.109. The molecule has 7 nitrogen and oxygen atoms in total. The Balaban J connectivity index is 1.41. The van der Waals surface area contributed by atoms with Crippen LogP contribution < -0.4 is 15.5 Å². The Labute approximate surface area is 165 Å². The van der Waals surface area contributed by atoms with Gasteiger partial charge < -0.3 is 20.3 Å². The van der Waals surface area contributed by atoms with Gasteiger partial charge in [0.05, 0.1) is 30.8 Å². The first-order valence-corrected chi connectivity index (χ1v) is 9.90. The Kier molecular flexibility index (Phi) is 6.16. The monoisotopic (exact) mass is 381 g/mol. The molecule has 4 rings (SSSR count). The third-order valence-electron chi connectivity index (χ3n) is 5.23. The van der Waals surface area contributed by atoms with Gasteiger partial charge in [0.1, 0.15) is 0 Å². The number of nitrogens with zero attached hydrogens (tertiary/aromatic N) is 3. The third kappa shape index (κ3) is 4.67. The number of carbonyl (C=O) groups is 1. The summed E-state index contributed by atoms with van der Waals surface area (Å²) in [4.78, 5) is 21.6. The summed E-state index contributed by atoms with van der Waals surface area (Å²) in [7, 11) is 0. The predicted octanol–water partition coefficient (Wildman–Crippen LogP) is 1.58. The predicted molar refractivity (Wildman–Crippen MR) is 110 cm³/mol. The molecule has 1 aromatic heterocycles. The highest BCUT2D eigenvalue weighted by Gasteiger charge is 2.16. The summed E-state index contributed by atoms with van der Waals surface area (Å²) in [5.41, 5.74) is 3.64. The largest absolute Gasteiger partial charge is 0.379 e. The van der Waals surface area contributed by atoms with Crippen molar-refractivity contribution >= 4 is 17.3 Å². The lowest BCUT2D eigenvalue weighted by molar-refractivity contribution is 0.0342. The molecular formula is C21H27N5O2. The van der Waals surface area contributed by atoms with Crippen molar-refractivity contribution in [2.24, 2.45) is 0 Å². The fraction of sp³-hybridized carbons (Fsp3) is 0.429. The molecule has 2 N–H and O–H groups in total. The summed E-state index contributed by atoms with van der Waals surface area (Å²) in [5, 5.41) is 6.38. The SMILES string of the molecule is O=C(Nc1cnccc1N1CCNCC1)c1ccc(CN2CCOCC2)cc1. The van der Waals surface area contributed by atoms with E-state index in [0.717, 1.165) is 70.4 Å². The molecule has 0 aliphatic carbocycles. The highest BCUT2D eigenvalue weighted by Crippen LogP contribution is 2.25. The number of anilines is 2. The number of benzene rings is 1. The Morgan fingerprint density at radius 1 is 1.07 bits per heavy atom. The standard InChI is InChI=1S/C21H27N5O2/c27-21(18-3-1-17(2-4-18)16-25-11-13-28-14-12-25)24-19-15-23-6-5-20(19)26-9-7-22-8-10-26/h1-6,15,22H,7-14,16H2,(H,24,27). The lowest BCUT2D eigenvalue weighted by atomic mass is 10.1. The summed E-state index contributed by atoms with van der Waals surface area (Å²) in [6, 6.07) is 9.82. The van der Waals surface area contributed by atoms with Crippen molar-refractivity contribution < 1.29 is 9.53 Å². The van der Waals surface area contributed by atoms with Crippen molar-refractivity contribution in [1.82, 2.24) is 15.2 Å². The van der Waals surface area contributed by atoms with Gasteiger partial charge in [-0.05, 0) is 23.8 Å². The van der Waals surface area contributed by atoms with Crippen molar-refractivity contribution in [3.8, 4) is 0 Å². The van der Waals surface area contributed by atoms with Gasteiger partial charge in [-0.15, -0.1) is 0 Å². The summed E-state index contributed by atoms with van der Waals surface area (Å²) < 4.78 is 5.39. The van der Waals surface area contributed by atoms with Crippen LogP contribution in [-0.4, -0.2) is 68.3 Å². The van der Waals surface area contributed by atoms with Crippen LogP contribution in [0.25, 0.3) is 0 Å². The zero-order chi connectivity index (χ0) is 19.2. The quantitative estimate of drug-likeness (QED) is 0.820. The first-order valence-electron chi connectivity index (χ1n) is 9.90. The molecule has 1 amide bonds. The summed E-state index contributed by atoms with van der Waals surface area (Å²) in [6.07, 6.45) is 3.50. The number of amides is 1. The molecule has 0 bridgehead atoms. The average molecular weight is 381 g/mol. The Bertz CT molecular complexity index is 784. The maximum Gasteiger partial charge on any atom is 0.255 e. The molecule has 2 aromatic rings. The molecule has 0 saturated carbocycles. The number of piperazine rings is 1. The van der Waals surface area contributed by atoms with Crippen LogP contribution in [0.5, 0.6) is 0 Å². The minimum Gasteiger partial charge on any atom is -0.379 e. The Morgan fingerprint density at radius 2 is 1.82 bits per heavy atom. The molecule has 0 radical (unpaired) electrons. The third-order valence-corrected chi connectivity index (χ3v) is 5.23. The van der Waals surface area contributed by atoms with E-state index in [0.29, 0.717) is 5.56 Å². The van der Waals surface area contributed by atoms with E-state index in [-0.39, 0.29) is 5.91 Å². The molecule has 3 heterocycles. The molecule has 2 aliphatic rings. The van der Waals surface area contributed by atoms with Crippen LogP contribution in [0.4, 0.5) is 11.4 Å². The number of morpholine rings is 1. The van der Waals surface area contributed by atoms with Crippen molar-refractivity contribution in [2.45, 2.75) is 6.54 Å². The number of carbonyl (C=O) groups excluding carboxylic acids is 1. The fourth-order valence-corrected chi connectivity index (χ4v) is 3.64. The number of nitrogens with one attached hydrogen (secondary N) is 2. The molecule has 0 spiro atoms. The van der Waals surface area contributed by atoms with Crippen LogP contribution in [0, 0.1) is 0 Å². The Morgan fingerprint density at radius 3 is 2.57 bits per heavy atom. The van der Waals surface area contributed by atoms with Crippen LogP contribution in [0.2, 0.25) is 0 Å². The van der Waals surface area contributed by atoms with Crippen molar-refractivity contribution in [1.29, 1.82) is 0 Å². The van der Waals surface area contributed by atoms with Gasteiger partial charge in [0, 0.05) is 57.6 Å². The van der Waals surface area contributed by atoms with E-state index in [4.69, 9.17) is 4.74 Å². The topological polar surface area (TPSA) is 69.7 Å². The summed E-state index contributed by atoms with van der Waals surface area (Å²) in [5.74, 6) is -0.109. The van der Waals surface area contributed by atoms with Crippen LogP contribution in [-0.2, 0) is 11.3 Å². The van der Waals surface area contributed by atoms with Crippen LogP contribution >= 0.6 is 0 Å². The molecule has 7 heteroatoms. The van der Waals surface area contributed by atoms with Gasteiger partial charge in [-0.2, -0.15) is 0 Å². The molecule has 1 aromatic carbocycles. The molecule has 2 fully saturated rings. The van der Waals surface area contributed by atoms with Crippen molar-refractivity contribution in [3.05, 3.63) is 53.9 Å². The second-order valence-corrected chi connectivity index (χ2v) is 7.17. The normalized spacial score (nSPS) is 18.1. The van der Waals surface area contributed by atoms with Gasteiger partial charge in [-0.3, -0.25) is 14.7 Å². The first-order chi connectivity index (χ1) is 13.8. The van der Waals surface area contributed by atoms with E-state index < -0.39 is 0 Å². The minimum absolute atomic E-state index is 0.109. The van der Waals surface area contributed by atoms with E-state index in [1.54, 1.807) is 12.4 Å². The van der Waals surface area contributed by atoms with E-state index in [2.05, 4.69) is 25.4 Å². The van der Waals surface area contributed by atoms with Crippen molar-refractivity contribution in [3.63, 3.8) is 0 Å². The summed E-state index contributed by atoms with van der Waals surface area (Å²) in [6.45, 7) is 8.12. The van der Waals surface area contributed by atoms with E-state index >= 15 is 0 Å². The zero-order valence-corrected chi connectivity index (χ0v) is 16.1. The maximum atomic E-state index is 12.8. The zero-order valence-electron chi connectivity index (χ0n) is 16.1. The lowest BCUT2D eigenvalue weighted by Crippen LogP contribution is -2.43. The van der Waals surface area contributed by atoms with Gasteiger partial charge in [0.25, 0.3) is 5.91 Å². The van der Waals surface area contributed by atoms with Gasteiger partial charge in [0.15, 0.2) is 0 Å². The van der Waals surface area contributed by atoms with Crippen LogP contribution in [0.15, 0.2) is 42.7 Å². The number of rotatable bonds is 5. The molecular weight excluding hydrogens is 354 g/mol. The molecule has 28 heavy (non-hydrogen) atoms. The molecule has 148 valence electrons. The number of ether oxygens (including phenoxy) is 1. The highest BCUT2D eigenvalue weighted by molar-refractivity contribution is 6.05. The van der Waals surface area contributed by atoms with Crippen LogP contribution in [0.3, 0.4) is 0 Å². The second-order valence-electron chi connectivity index (χ2n) is 7.17. The van der Waals surface area contributed by atoms with Gasteiger partial charge in [0.2, 0.25) is 0 Å². The number of aromatic nitrogens is 1. The first kappa shape index (κ1) is 18.9. The number of hydrogen-bond donors (Lipinski definition) is 2. The van der Waals surface area contributed by atoms with E-state index in [1.807, 2.05) is 30.3 Å². The molecule has 0 atom stereocenters. The highest BCUT2D eigenvalue weighted by atomic mass is 16.5. The van der Waals surface area contributed by atoms with Gasteiger partial charge in [-0.1, -0.05) is 12.1 Å². The maximum absolute atomic E-state index is 12.8.